The van der Waals surface area contributed by atoms with Crippen molar-refractivity contribution in [3.63, 3.8) is 0 Å². The third kappa shape index (κ3) is 4.25. The summed E-state index contributed by atoms with van der Waals surface area (Å²) < 4.78 is 5.10. The van der Waals surface area contributed by atoms with E-state index in [0.29, 0.717) is 12.1 Å². The van der Waals surface area contributed by atoms with Gasteiger partial charge in [-0.25, -0.2) is 4.98 Å². The molecule has 4 nitrogen and oxygen atoms in total. The summed E-state index contributed by atoms with van der Waals surface area (Å²) in [5.74, 6) is 0.665. The highest BCUT2D eigenvalue weighted by atomic mass is 32.1. The summed E-state index contributed by atoms with van der Waals surface area (Å²) in [5, 5.41) is 3.98. The second-order valence-corrected chi connectivity index (χ2v) is 6.71. The Bertz CT molecular complexity index is 842. The van der Waals surface area contributed by atoms with Gasteiger partial charge in [-0.05, 0) is 31.2 Å². The predicted molar refractivity (Wildman–Crippen MR) is 101 cm³/mol. The Labute approximate surface area is 151 Å². The number of carbonyl (C=O) groups is 1. The second-order valence-electron chi connectivity index (χ2n) is 5.63. The lowest BCUT2D eigenvalue weighted by Gasteiger charge is -2.05. The van der Waals surface area contributed by atoms with Crippen molar-refractivity contribution in [1.29, 1.82) is 0 Å². The molecule has 3 aromatic rings. The van der Waals surface area contributed by atoms with E-state index < -0.39 is 0 Å². The van der Waals surface area contributed by atoms with Crippen molar-refractivity contribution in [2.45, 2.75) is 13.3 Å². The van der Waals surface area contributed by atoms with Gasteiger partial charge in [0.2, 0.25) is 0 Å². The number of ether oxygens (including phenoxy) is 1. The molecule has 0 fully saturated rings. The molecule has 0 unspecified atom stereocenters. The highest BCUT2D eigenvalue weighted by Crippen LogP contribution is 2.27. The zero-order valence-electron chi connectivity index (χ0n) is 14.3. The quantitative estimate of drug-likeness (QED) is 0.727. The van der Waals surface area contributed by atoms with E-state index in [0.717, 1.165) is 28.4 Å². The fraction of sp³-hybridized carbons (Fsp3) is 0.200. The van der Waals surface area contributed by atoms with Gasteiger partial charge in [-0.2, -0.15) is 0 Å². The lowest BCUT2D eigenvalue weighted by Crippen LogP contribution is -2.25. The maximum Gasteiger partial charge on any atom is 0.251 e. The van der Waals surface area contributed by atoms with E-state index in [1.807, 2.05) is 25.1 Å². The van der Waals surface area contributed by atoms with Crippen molar-refractivity contribution in [3.05, 3.63) is 70.7 Å². The zero-order valence-corrected chi connectivity index (χ0v) is 15.1. The largest absolute Gasteiger partial charge is 0.497 e. The Morgan fingerprint density at radius 2 is 1.84 bits per heavy atom. The number of aryl methyl sites for hydroxylation is 1. The summed E-state index contributed by atoms with van der Waals surface area (Å²) in [6.07, 6.45) is 0.776. The molecule has 0 aliphatic carbocycles. The topological polar surface area (TPSA) is 51.2 Å². The first kappa shape index (κ1) is 17.2. The van der Waals surface area contributed by atoms with Crippen LogP contribution in [0.4, 0.5) is 0 Å². The summed E-state index contributed by atoms with van der Waals surface area (Å²) in [4.78, 5) is 18.0. The van der Waals surface area contributed by atoms with Crippen molar-refractivity contribution in [1.82, 2.24) is 10.3 Å². The number of amides is 1. The number of benzene rings is 2. The number of aromatic nitrogens is 1. The molecule has 25 heavy (non-hydrogen) atoms. The monoisotopic (exact) mass is 352 g/mol. The van der Waals surface area contributed by atoms with Crippen molar-refractivity contribution in [2.75, 3.05) is 13.7 Å². The molecule has 3 rings (SSSR count). The Balaban J connectivity index is 1.58. The molecule has 5 heteroatoms. The standard InChI is InChI=1S/C20H20N2O2S/c1-14-18(25-20(22-14)16-6-4-3-5-7-16)12-13-21-19(23)15-8-10-17(24-2)11-9-15/h3-11H,12-13H2,1-2H3,(H,21,23). The summed E-state index contributed by atoms with van der Waals surface area (Å²) in [5.41, 5.74) is 2.79. The van der Waals surface area contributed by atoms with Crippen molar-refractivity contribution in [3.8, 4) is 16.3 Å². The van der Waals surface area contributed by atoms with Gasteiger partial charge < -0.3 is 10.1 Å². The first-order valence-electron chi connectivity index (χ1n) is 8.11. The molecule has 0 bridgehead atoms. The molecule has 0 aliphatic rings. The summed E-state index contributed by atoms with van der Waals surface area (Å²) in [7, 11) is 1.61. The van der Waals surface area contributed by atoms with E-state index in [2.05, 4.69) is 22.4 Å². The van der Waals surface area contributed by atoms with Crippen LogP contribution in [-0.2, 0) is 6.42 Å². The maximum absolute atomic E-state index is 12.2. The Kier molecular flexibility index (Phi) is 5.46. The predicted octanol–water partition coefficient (Wildman–Crippen LogP) is 4.10. The van der Waals surface area contributed by atoms with Crippen LogP contribution in [-0.4, -0.2) is 24.5 Å². The van der Waals surface area contributed by atoms with Crippen LogP contribution in [0.15, 0.2) is 54.6 Å². The van der Waals surface area contributed by atoms with Crippen LogP contribution >= 0.6 is 11.3 Å². The number of rotatable bonds is 6. The van der Waals surface area contributed by atoms with Gasteiger partial charge in [0, 0.05) is 29.0 Å². The van der Waals surface area contributed by atoms with E-state index in [9.17, 15) is 4.79 Å². The van der Waals surface area contributed by atoms with Crippen LogP contribution in [0.2, 0.25) is 0 Å². The summed E-state index contributed by atoms with van der Waals surface area (Å²) in [6, 6.07) is 17.3. The number of nitrogens with one attached hydrogen (secondary N) is 1. The van der Waals surface area contributed by atoms with Gasteiger partial charge in [0.15, 0.2) is 0 Å². The molecular formula is C20H20N2O2S. The molecule has 1 heterocycles. The van der Waals surface area contributed by atoms with Crippen molar-refractivity contribution < 1.29 is 9.53 Å². The van der Waals surface area contributed by atoms with Gasteiger partial charge in [0.05, 0.1) is 12.8 Å². The first-order valence-corrected chi connectivity index (χ1v) is 8.93. The molecule has 0 spiro atoms. The van der Waals surface area contributed by atoms with Gasteiger partial charge in [0.25, 0.3) is 5.91 Å². The fourth-order valence-corrected chi connectivity index (χ4v) is 3.57. The van der Waals surface area contributed by atoms with Gasteiger partial charge in [-0.1, -0.05) is 30.3 Å². The minimum Gasteiger partial charge on any atom is -0.497 e. The summed E-state index contributed by atoms with van der Waals surface area (Å²) in [6.45, 7) is 2.60. The highest BCUT2D eigenvalue weighted by molar-refractivity contribution is 7.15. The molecule has 0 saturated carbocycles. The molecular weight excluding hydrogens is 332 g/mol. The van der Waals surface area contributed by atoms with E-state index in [4.69, 9.17) is 4.74 Å². The third-order valence-corrected chi connectivity index (χ3v) is 5.17. The first-order chi connectivity index (χ1) is 12.2. The number of hydrogen-bond acceptors (Lipinski definition) is 4. The number of carbonyl (C=O) groups excluding carboxylic acids is 1. The lowest BCUT2D eigenvalue weighted by atomic mass is 10.2. The van der Waals surface area contributed by atoms with Gasteiger partial charge in [0.1, 0.15) is 10.8 Å². The van der Waals surface area contributed by atoms with E-state index in [1.54, 1.807) is 42.7 Å². The van der Waals surface area contributed by atoms with Crippen LogP contribution in [0.25, 0.3) is 10.6 Å². The Morgan fingerprint density at radius 1 is 1.12 bits per heavy atom. The minimum atomic E-state index is -0.0758. The molecule has 1 amide bonds. The molecule has 2 aromatic carbocycles. The van der Waals surface area contributed by atoms with Gasteiger partial charge in [-0.15, -0.1) is 11.3 Å². The SMILES string of the molecule is COc1ccc(C(=O)NCCc2sc(-c3ccccc3)nc2C)cc1. The molecule has 1 N–H and O–H groups in total. The Morgan fingerprint density at radius 3 is 2.52 bits per heavy atom. The lowest BCUT2D eigenvalue weighted by molar-refractivity contribution is 0.0954. The molecule has 128 valence electrons. The van der Waals surface area contributed by atoms with Crippen molar-refractivity contribution >= 4 is 17.2 Å². The van der Waals surface area contributed by atoms with Crippen molar-refractivity contribution in [2.24, 2.45) is 0 Å². The smallest absolute Gasteiger partial charge is 0.251 e. The average Bonchev–Trinajstić information content (AvgIpc) is 3.03. The Hall–Kier alpha value is -2.66. The summed E-state index contributed by atoms with van der Waals surface area (Å²) >= 11 is 1.69. The molecule has 0 radical (unpaired) electrons. The van der Waals surface area contributed by atoms with E-state index >= 15 is 0 Å². The maximum atomic E-state index is 12.2. The number of thiazole rings is 1. The number of methoxy groups -OCH3 is 1. The number of hydrogen-bond donors (Lipinski definition) is 1. The molecule has 0 aliphatic heterocycles. The molecule has 0 atom stereocenters. The number of nitrogens with zero attached hydrogens (tertiary/aromatic N) is 1. The third-order valence-electron chi connectivity index (χ3n) is 3.90. The average molecular weight is 352 g/mol. The molecule has 0 saturated heterocycles. The van der Waals surface area contributed by atoms with E-state index in [1.165, 1.54) is 4.88 Å². The van der Waals surface area contributed by atoms with Crippen LogP contribution in [0.3, 0.4) is 0 Å². The van der Waals surface area contributed by atoms with Crippen LogP contribution < -0.4 is 10.1 Å². The molecule has 1 aromatic heterocycles. The highest BCUT2D eigenvalue weighted by Gasteiger charge is 2.10. The van der Waals surface area contributed by atoms with Crippen LogP contribution in [0.5, 0.6) is 5.75 Å². The van der Waals surface area contributed by atoms with Gasteiger partial charge in [-0.3, -0.25) is 4.79 Å². The fourth-order valence-electron chi connectivity index (χ4n) is 2.50. The second kappa shape index (κ2) is 7.94. The minimum absolute atomic E-state index is 0.0758. The van der Waals surface area contributed by atoms with Crippen LogP contribution in [0.1, 0.15) is 20.9 Å². The van der Waals surface area contributed by atoms with Crippen LogP contribution in [0, 0.1) is 6.92 Å². The zero-order chi connectivity index (χ0) is 17.6. The van der Waals surface area contributed by atoms with Gasteiger partial charge >= 0.3 is 0 Å². The van der Waals surface area contributed by atoms with E-state index in [-0.39, 0.29) is 5.91 Å². The normalized spacial score (nSPS) is 10.5.